The zero-order chi connectivity index (χ0) is 11.3. The molecule has 1 saturated carbocycles. The van der Waals surface area contributed by atoms with Gasteiger partial charge in [-0.3, -0.25) is 4.79 Å². The van der Waals surface area contributed by atoms with E-state index in [1.807, 2.05) is 0 Å². The molecule has 0 aromatic heterocycles. The predicted octanol–water partition coefficient (Wildman–Crippen LogP) is 0.647. The van der Waals surface area contributed by atoms with Gasteiger partial charge in [0.05, 0.1) is 12.5 Å². The summed E-state index contributed by atoms with van der Waals surface area (Å²) in [4.78, 5) is 22.4. The largest absolute Gasteiger partial charge is 0.466 e. The summed E-state index contributed by atoms with van der Waals surface area (Å²) in [5.41, 5.74) is 0. The minimum absolute atomic E-state index is 0.200. The van der Waals surface area contributed by atoms with Crippen LogP contribution in [0.15, 0.2) is 0 Å². The Hall–Kier alpha value is -1.26. The van der Waals surface area contributed by atoms with Crippen molar-refractivity contribution < 1.29 is 14.3 Å². The number of carbonyl (C=O) groups excluding carboxylic acids is 2. The number of ether oxygens (including phenoxy) is 1. The van der Waals surface area contributed by atoms with Crippen molar-refractivity contribution in [3.8, 4) is 0 Å². The Morgan fingerprint density at radius 3 is 2.67 bits per heavy atom. The van der Waals surface area contributed by atoms with Crippen LogP contribution in [0.1, 0.15) is 26.7 Å². The standard InChI is InChI=1S/C10H18N2O3/c1-3-15-9(13)7(2)6-11-10(14)12-8-4-5-8/h7-8H,3-6H2,1-2H3,(H2,11,12,14)/t7-/m0/s1. The molecule has 1 aliphatic carbocycles. The first-order valence-electron chi connectivity index (χ1n) is 5.34. The fourth-order valence-electron chi connectivity index (χ4n) is 1.08. The molecule has 2 N–H and O–H groups in total. The van der Waals surface area contributed by atoms with Crippen LogP contribution in [0.2, 0.25) is 0 Å². The highest BCUT2D eigenvalue weighted by atomic mass is 16.5. The highest BCUT2D eigenvalue weighted by Gasteiger charge is 2.23. The average molecular weight is 214 g/mol. The molecule has 0 unspecified atom stereocenters. The Labute approximate surface area is 89.6 Å². The first-order chi connectivity index (χ1) is 7.13. The summed E-state index contributed by atoms with van der Waals surface area (Å²) >= 11 is 0. The Balaban J connectivity index is 2.11. The van der Waals surface area contributed by atoms with Crippen LogP contribution in [0.5, 0.6) is 0 Å². The number of amides is 2. The third-order valence-electron chi connectivity index (χ3n) is 2.17. The first kappa shape index (κ1) is 11.8. The molecule has 1 fully saturated rings. The van der Waals surface area contributed by atoms with Gasteiger partial charge in [0.25, 0.3) is 0 Å². The van der Waals surface area contributed by atoms with Crippen LogP contribution in [0.3, 0.4) is 0 Å². The Morgan fingerprint density at radius 2 is 2.13 bits per heavy atom. The summed E-state index contributed by atoms with van der Waals surface area (Å²) in [6.45, 7) is 4.18. The summed E-state index contributed by atoms with van der Waals surface area (Å²) < 4.78 is 4.82. The van der Waals surface area contributed by atoms with E-state index in [1.165, 1.54) is 0 Å². The summed E-state index contributed by atoms with van der Waals surface area (Å²) in [7, 11) is 0. The first-order valence-corrected chi connectivity index (χ1v) is 5.34. The Morgan fingerprint density at radius 1 is 1.47 bits per heavy atom. The maximum Gasteiger partial charge on any atom is 0.315 e. The molecule has 0 heterocycles. The van der Waals surface area contributed by atoms with Gasteiger partial charge in [-0.2, -0.15) is 0 Å². The van der Waals surface area contributed by atoms with Crippen molar-refractivity contribution in [3.05, 3.63) is 0 Å². The predicted molar refractivity (Wildman–Crippen MR) is 55.4 cm³/mol. The van der Waals surface area contributed by atoms with E-state index in [-0.39, 0.29) is 17.9 Å². The number of rotatable bonds is 5. The van der Waals surface area contributed by atoms with Crippen molar-refractivity contribution in [2.24, 2.45) is 5.92 Å². The SMILES string of the molecule is CCOC(=O)[C@@H](C)CNC(=O)NC1CC1. The van der Waals surface area contributed by atoms with Gasteiger partial charge < -0.3 is 15.4 Å². The van der Waals surface area contributed by atoms with Crippen molar-refractivity contribution in [3.63, 3.8) is 0 Å². The van der Waals surface area contributed by atoms with Crippen LogP contribution in [0.25, 0.3) is 0 Å². The van der Waals surface area contributed by atoms with Crippen molar-refractivity contribution in [2.45, 2.75) is 32.7 Å². The number of nitrogens with one attached hydrogen (secondary N) is 2. The lowest BCUT2D eigenvalue weighted by atomic mass is 10.2. The van der Waals surface area contributed by atoms with E-state index in [0.717, 1.165) is 12.8 Å². The molecule has 0 aromatic carbocycles. The Bertz CT molecular complexity index is 239. The molecule has 0 saturated heterocycles. The van der Waals surface area contributed by atoms with Crippen molar-refractivity contribution >= 4 is 12.0 Å². The summed E-state index contributed by atoms with van der Waals surface area (Å²) in [6.07, 6.45) is 2.11. The third kappa shape index (κ3) is 4.67. The highest BCUT2D eigenvalue weighted by Crippen LogP contribution is 2.18. The van der Waals surface area contributed by atoms with Gasteiger partial charge in [-0.15, -0.1) is 0 Å². The molecular weight excluding hydrogens is 196 g/mol. The van der Waals surface area contributed by atoms with Gasteiger partial charge in [-0.25, -0.2) is 4.79 Å². The van der Waals surface area contributed by atoms with Crippen molar-refractivity contribution in [1.82, 2.24) is 10.6 Å². The van der Waals surface area contributed by atoms with E-state index >= 15 is 0 Å². The van der Waals surface area contributed by atoms with Crippen LogP contribution in [-0.4, -0.2) is 31.2 Å². The summed E-state index contributed by atoms with van der Waals surface area (Å²) in [5.74, 6) is -0.570. The normalized spacial score (nSPS) is 16.7. The quantitative estimate of drug-likeness (QED) is 0.660. The topological polar surface area (TPSA) is 67.4 Å². The second kappa shape index (κ2) is 5.58. The molecular formula is C10H18N2O3. The van der Waals surface area contributed by atoms with Gasteiger partial charge in [0.1, 0.15) is 0 Å². The van der Waals surface area contributed by atoms with Crippen LogP contribution in [0.4, 0.5) is 4.79 Å². The molecule has 0 aromatic rings. The van der Waals surface area contributed by atoms with E-state index in [1.54, 1.807) is 13.8 Å². The number of hydrogen-bond donors (Lipinski definition) is 2. The lowest BCUT2D eigenvalue weighted by Gasteiger charge is -2.11. The lowest BCUT2D eigenvalue weighted by Crippen LogP contribution is -2.40. The monoisotopic (exact) mass is 214 g/mol. The van der Waals surface area contributed by atoms with E-state index in [2.05, 4.69) is 10.6 Å². The molecule has 5 heteroatoms. The smallest absolute Gasteiger partial charge is 0.315 e. The van der Waals surface area contributed by atoms with Crippen LogP contribution >= 0.6 is 0 Å². The number of hydrogen-bond acceptors (Lipinski definition) is 3. The van der Waals surface area contributed by atoms with Crippen LogP contribution in [-0.2, 0) is 9.53 Å². The van der Waals surface area contributed by atoms with Gasteiger partial charge in [0, 0.05) is 12.6 Å². The molecule has 86 valence electrons. The van der Waals surface area contributed by atoms with Gasteiger partial charge in [-0.1, -0.05) is 6.92 Å². The van der Waals surface area contributed by atoms with Gasteiger partial charge in [0.15, 0.2) is 0 Å². The number of carbonyl (C=O) groups is 2. The third-order valence-corrected chi connectivity index (χ3v) is 2.17. The molecule has 0 radical (unpaired) electrons. The number of esters is 1. The van der Waals surface area contributed by atoms with E-state index in [0.29, 0.717) is 19.2 Å². The lowest BCUT2D eigenvalue weighted by molar-refractivity contribution is -0.147. The van der Waals surface area contributed by atoms with E-state index in [4.69, 9.17) is 4.74 Å². The van der Waals surface area contributed by atoms with E-state index < -0.39 is 0 Å². The maximum absolute atomic E-state index is 11.2. The molecule has 5 nitrogen and oxygen atoms in total. The molecule has 0 bridgehead atoms. The minimum Gasteiger partial charge on any atom is -0.466 e. The zero-order valence-electron chi connectivity index (χ0n) is 9.21. The number of urea groups is 1. The second-order valence-electron chi connectivity index (χ2n) is 3.78. The molecule has 0 aliphatic heterocycles. The molecule has 1 rings (SSSR count). The fraction of sp³-hybridized carbons (Fsp3) is 0.800. The van der Waals surface area contributed by atoms with E-state index in [9.17, 15) is 9.59 Å². The molecule has 1 atom stereocenters. The van der Waals surface area contributed by atoms with Crippen molar-refractivity contribution in [2.75, 3.05) is 13.2 Å². The summed E-state index contributed by atoms with van der Waals surface area (Å²) in [6, 6.07) is 0.136. The van der Waals surface area contributed by atoms with Crippen LogP contribution < -0.4 is 10.6 Å². The van der Waals surface area contributed by atoms with Crippen molar-refractivity contribution in [1.29, 1.82) is 0 Å². The summed E-state index contributed by atoms with van der Waals surface area (Å²) in [5, 5.41) is 5.42. The zero-order valence-corrected chi connectivity index (χ0v) is 9.21. The molecule has 15 heavy (non-hydrogen) atoms. The molecule has 1 aliphatic rings. The molecule has 0 spiro atoms. The second-order valence-corrected chi connectivity index (χ2v) is 3.78. The highest BCUT2D eigenvalue weighted by molar-refractivity contribution is 5.76. The minimum atomic E-state index is -0.296. The average Bonchev–Trinajstić information content (AvgIpc) is 2.98. The maximum atomic E-state index is 11.2. The van der Waals surface area contributed by atoms with Crippen LogP contribution in [0, 0.1) is 5.92 Å². The van der Waals surface area contributed by atoms with Gasteiger partial charge >= 0.3 is 12.0 Å². The van der Waals surface area contributed by atoms with Gasteiger partial charge in [0.2, 0.25) is 0 Å². The fourth-order valence-corrected chi connectivity index (χ4v) is 1.08. The molecule has 2 amide bonds. The van der Waals surface area contributed by atoms with Gasteiger partial charge in [-0.05, 0) is 19.8 Å². The Kier molecular flexibility index (Phi) is 4.39.